The van der Waals surface area contributed by atoms with Crippen LogP contribution in [0.5, 0.6) is 0 Å². The summed E-state index contributed by atoms with van der Waals surface area (Å²) in [5, 5.41) is 7.29. The summed E-state index contributed by atoms with van der Waals surface area (Å²) in [4.78, 5) is 0. The van der Waals surface area contributed by atoms with Gasteiger partial charge in [-0.25, -0.2) is 0 Å². The van der Waals surface area contributed by atoms with Crippen LogP contribution in [0.15, 0.2) is 5.10 Å². The molecule has 0 aromatic heterocycles. The van der Waals surface area contributed by atoms with E-state index in [0.717, 1.165) is 31.5 Å². The number of rotatable bonds is 7. The Balaban J connectivity index is 2.04. The molecule has 2 aliphatic rings. The average Bonchev–Trinajstić information content (AvgIpc) is 2.96. The largest absolute Gasteiger partial charge is 0.417 e. The lowest BCUT2D eigenvalue weighted by molar-refractivity contribution is -0.236. The maximum Gasteiger partial charge on any atom is 0.191 e. The highest BCUT2D eigenvalue weighted by Gasteiger charge is 2.39. The number of ether oxygens (including phenoxy) is 3. The van der Waals surface area contributed by atoms with Crippen LogP contribution in [-0.2, 0) is 18.6 Å². The molecule has 0 bridgehead atoms. The first-order valence-corrected chi connectivity index (χ1v) is 13.1. The molecule has 7 heteroatoms. The van der Waals surface area contributed by atoms with E-state index in [1.165, 1.54) is 0 Å². The van der Waals surface area contributed by atoms with E-state index >= 15 is 0 Å². The van der Waals surface area contributed by atoms with E-state index < -0.39 is 14.1 Å². The molecular formula is C20H40N2O4Si. The monoisotopic (exact) mass is 400 g/mol. The summed E-state index contributed by atoms with van der Waals surface area (Å²) < 4.78 is 23.8. The maximum atomic E-state index is 6.37. The van der Waals surface area contributed by atoms with E-state index in [9.17, 15) is 0 Å². The highest BCUT2D eigenvalue weighted by Crippen LogP contribution is 2.36. The van der Waals surface area contributed by atoms with E-state index in [2.05, 4.69) is 38.9 Å². The summed E-state index contributed by atoms with van der Waals surface area (Å²) in [7, 11) is -0.00826. The first-order chi connectivity index (χ1) is 12.5. The molecule has 2 atom stereocenters. The Morgan fingerprint density at radius 1 is 1.30 bits per heavy atom. The van der Waals surface area contributed by atoms with Crippen molar-refractivity contribution in [1.29, 1.82) is 0 Å². The highest BCUT2D eigenvalue weighted by molar-refractivity contribution is 6.74. The lowest BCUT2D eigenvalue weighted by Gasteiger charge is -2.39. The normalized spacial score (nSPS) is 28.1. The third-order valence-corrected chi connectivity index (χ3v) is 10.5. The number of hydrogen-bond donors (Lipinski definition) is 0. The Morgan fingerprint density at radius 2 is 2.00 bits per heavy atom. The van der Waals surface area contributed by atoms with Crippen molar-refractivity contribution < 1.29 is 18.6 Å². The van der Waals surface area contributed by atoms with Crippen molar-refractivity contribution >= 4 is 14.0 Å². The van der Waals surface area contributed by atoms with Gasteiger partial charge in [0.15, 0.2) is 14.1 Å². The van der Waals surface area contributed by atoms with E-state index in [4.69, 9.17) is 23.7 Å². The van der Waals surface area contributed by atoms with Gasteiger partial charge in [0.2, 0.25) is 0 Å². The topological polar surface area (TPSA) is 52.5 Å². The third kappa shape index (κ3) is 6.26. The van der Waals surface area contributed by atoms with Gasteiger partial charge >= 0.3 is 0 Å². The minimum Gasteiger partial charge on any atom is -0.417 e. The fourth-order valence-corrected chi connectivity index (χ4v) is 4.28. The van der Waals surface area contributed by atoms with E-state index in [1.807, 2.05) is 13.8 Å². The molecule has 0 aromatic carbocycles. The first-order valence-electron chi connectivity index (χ1n) is 10.2. The van der Waals surface area contributed by atoms with Crippen LogP contribution < -0.4 is 0 Å². The molecule has 2 heterocycles. The second-order valence-corrected chi connectivity index (χ2v) is 14.5. The summed E-state index contributed by atoms with van der Waals surface area (Å²) in [6.45, 7) is 18.2. The van der Waals surface area contributed by atoms with E-state index in [0.29, 0.717) is 25.9 Å². The molecule has 0 amide bonds. The van der Waals surface area contributed by atoms with Crippen LogP contribution in [0.3, 0.4) is 0 Å². The van der Waals surface area contributed by atoms with Gasteiger partial charge in [0.1, 0.15) is 6.10 Å². The number of hydrogen-bond acceptors (Lipinski definition) is 6. The summed E-state index contributed by atoms with van der Waals surface area (Å²) in [5.74, 6) is -0.586. The van der Waals surface area contributed by atoms with Crippen molar-refractivity contribution in [2.24, 2.45) is 5.10 Å². The van der Waals surface area contributed by atoms with Gasteiger partial charge in [-0.15, -0.1) is 0 Å². The van der Waals surface area contributed by atoms with Crippen LogP contribution >= 0.6 is 0 Å². The van der Waals surface area contributed by atoms with Gasteiger partial charge < -0.3 is 18.6 Å². The molecule has 2 aliphatic heterocycles. The minimum atomic E-state index is -1.76. The molecule has 2 saturated heterocycles. The number of methoxy groups -OCH3 is 1. The van der Waals surface area contributed by atoms with Gasteiger partial charge in [-0.05, 0) is 44.8 Å². The molecule has 2 fully saturated rings. The second kappa shape index (κ2) is 8.90. The molecule has 0 radical (unpaired) electrons. The van der Waals surface area contributed by atoms with Crippen LogP contribution in [0.1, 0.15) is 53.9 Å². The molecule has 27 heavy (non-hydrogen) atoms. The molecular weight excluding hydrogens is 360 g/mol. The van der Waals surface area contributed by atoms with E-state index in [-0.39, 0.29) is 11.1 Å². The zero-order valence-electron chi connectivity index (χ0n) is 18.6. The highest BCUT2D eigenvalue weighted by atomic mass is 28.4. The predicted molar refractivity (Wildman–Crippen MR) is 112 cm³/mol. The molecule has 158 valence electrons. The maximum absolute atomic E-state index is 6.37. The Hall–Kier alpha value is -0.473. The van der Waals surface area contributed by atoms with E-state index in [1.54, 1.807) is 7.11 Å². The Bertz CT molecular complexity index is 517. The van der Waals surface area contributed by atoms with Crippen molar-refractivity contribution in [2.45, 2.75) is 89.9 Å². The van der Waals surface area contributed by atoms with Gasteiger partial charge in [0.05, 0.1) is 25.0 Å². The summed E-state index contributed by atoms with van der Waals surface area (Å²) in [5.41, 5.74) is 0.969. The second-order valence-electron chi connectivity index (χ2n) is 9.70. The predicted octanol–water partition coefficient (Wildman–Crippen LogP) is 4.02. The van der Waals surface area contributed by atoms with Gasteiger partial charge in [0, 0.05) is 26.7 Å². The van der Waals surface area contributed by atoms with Gasteiger partial charge in [-0.1, -0.05) is 20.8 Å². The molecule has 0 spiro atoms. The molecule has 2 rings (SSSR count). The summed E-state index contributed by atoms with van der Waals surface area (Å²) >= 11 is 0. The Morgan fingerprint density at radius 3 is 2.63 bits per heavy atom. The van der Waals surface area contributed by atoms with Crippen molar-refractivity contribution in [1.82, 2.24) is 5.01 Å². The van der Waals surface area contributed by atoms with Gasteiger partial charge in [-0.3, -0.25) is 5.01 Å². The lowest BCUT2D eigenvalue weighted by atomic mass is 10.1. The smallest absolute Gasteiger partial charge is 0.191 e. The van der Waals surface area contributed by atoms with Crippen LogP contribution in [-0.4, -0.2) is 70.4 Å². The molecule has 6 nitrogen and oxygen atoms in total. The SMILES string of the molecule is COC[C@H]1CCCN1/N=C1\COC(C)(C)O[C@@H]1CCO[Si](C)(C)C(C)(C)C. The molecule has 0 unspecified atom stereocenters. The van der Waals surface area contributed by atoms with Crippen LogP contribution in [0.25, 0.3) is 0 Å². The molecule has 0 aliphatic carbocycles. The minimum absolute atomic E-state index is 0.0673. The van der Waals surface area contributed by atoms with Crippen molar-refractivity contribution in [3.63, 3.8) is 0 Å². The third-order valence-electron chi connectivity index (χ3n) is 5.98. The fraction of sp³-hybridized carbons (Fsp3) is 0.950. The van der Waals surface area contributed by atoms with Crippen molar-refractivity contribution in [3.05, 3.63) is 0 Å². The summed E-state index contributed by atoms with van der Waals surface area (Å²) in [6.07, 6.45) is 3.01. The Labute approximate surface area is 166 Å². The number of nitrogens with zero attached hydrogens (tertiary/aromatic N) is 2. The standard InChI is InChI=1S/C20H40N2O4Si/c1-19(2,3)27(7,8)25-13-11-18-17(15-24-20(4,5)26-18)21-22-12-9-10-16(22)14-23-6/h16,18H,9-15H2,1-8H3/b21-17+/t16-,18-/m1/s1. The van der Waals surface area contributed by atoms with Gasteiger partial charge in [-0.2, -0.15) is 5.10 Å². The first kappa shape index (κ1) is 22.8. The Kier molecular flexibility index (Phi) is 7.52. The van der Waals surface area contributed by atoms with Gasteiger partial charge in [0.25, 0.3) is 0 Å². The van der Waals surface area contributed by atoms with Crippen LogP contribution in [0.2, 0.25) is 18.1 Å². The van der Waals surface area contributed by atoms with Crippen LogP contribution in [0.4, 0.5) is 0 Å². The average molecular weight is 401 g/mol. The zero-order chi connectivity index (χ0) is 20.3. The van der Waals surface area contributed by atoms with Crippen LogP contribution in [0, 0.1) is 0 Å². The van der Waals surface area contributed by atoms with Crippen molar-refractivity contribution in [3.8, 4) is 0 Å². The summed E-state index contributed by atoms with van der Waals surface area (Å²) in [6, 6.07) is 0.349. The molecule has 0 aromatic rings. The van der Waals surface area contributed by atoms with Crippen molar-refractivity contribution in [2.75, 3.05) is 33.5 Å². The number of hydrazone groups is 1. The lowest BCUT2D eigenvalue weighted by Crippen LogP contribution is -2.48. The molecule has 0 N–H and O–H groups in total. The quantitative estimate of drug-likeness (QED) is 0.604. The molecule has 0 saturated carbocycles. The fourth-order valence-electron chi connectivity index (χ4n) is 3.22. The zero-order valence-corrected chi connectivity index (χ0v) is 19.6.